The summed E-state index contributed by atoms with van der Waals surface area (Å²) in [7, 11) is 0. The first-order valence-corrected chi connectivity index (χ1v) is 8.16. The van der Waals surface area contributed by atoms with E-state index in [1.54, 1.807) is 19.1 Å². The molecule has 2 amide bonds. The molecule has 7 heteroatoms. The smallest absolute Gasteiger partial charge is 0.221 e. The standard InChI is InChI=1S/C9H9BrFNO.C9H10FNO/c1-5-3-7(10)8(11)4-9(5)12-6(2)13;1-6-3-4-8(10)5-9(6)11-7(2)12/h3-4H,1-2H3,(H,12,13);3-5H,1-2H3,(H,11,12). The molecule has 25 heavy (non-hydrogen) atoms. The molecule has 0 aliphatic heterocycles. The average Bonchev–Trinajstić information content (AvgIpc) is 2.48. The van der Waals surface area contributed by atoms with Crippen LogP contribution in [-0.2, 0) is 9.59 Å². The van der Waals surface area contributed by atoms with Crippen LogP contribution in [-0.4, -0.2) is 11.8 Å². The summed E-state index contributed by atoms with van der Waals surface area (Å²) in [5.41, 5.74) is 2.71. The SMILES string of the molecule is CC(=O)Nc1cc(F)c(Br)cc1C.CC(=O)Nc1cc(F)ccc1C. The van der Waals surface area contributed by atoms with E-state index >= 15 is 0 Å². The Morgan fingerprint density at radius 3 is 1.92 bits per heavy atom. The topological polar surface area (TPSA) is 58.2 Å². The molecule has 134 valence electrons. The Bertz CT molecular complexity index is 795. The van der Waals surface area contributed by atoms with E-state index in [2.05, 4.69) is 26.6 Å². The van der Waals surface area contributed by atoms with Gasteiger partial charge in [0.25, 0.3) is 0 Å². The number of carbonyl (C=O) groups is 2. The van der Waals surface area contributed by atoms with E-state index in [-0.39, 0.29) is 23.4 Å². The fourth-order valence-electron chi connectivity index (χ4n) is 1.89. The molecule has 0 radical (unpaired) electrons. The van der Waals surface area contributed by atoms with Crippen molar-refractivity contribution in [2.75, 3.05) is 10.6 Å². The number of hydrogen-bond donors (Lipinski definition) is 2. The molecule has 0 saturated carbocycles. The van der Waals surface area contributed by atoms with Crippen molar-refractivity contribution in [2.45, 2.75) is 27.7 Å². The highest BCUT2D eigenvalue weighted by atomic mass is 79.9. The summed E-state index contributed by atoms with van der Waals surface area (Å²) < 4.78 is 26.1. The zero-order valence-corrected chi connectivity index (χ0v) is 15.9. The maximum absolute atomic E-state index is 13.0. The molecule has 0 heterocycles. The van der Waals surface area contributed by atoms with Crippen molar-refractivity contribution in [3.8, 4) is 0 Å². The molecule has 4 nitrogen and oxygen atoms in total. The van der Waals surface area contributed by atoms with E-state index in [4.69, 9.17) is 0 Å². The summed E-state index contributed by atoms with van der Waals surface area (Å²) in [4.78, 5) is 21.4. The molecule has 2 N–H and O–H groups in total. The third kappa shape index (κ3) is 7.01. The Hall–Kier alpha value is -2.28. The number of aryl methyl sites for hydroxylation is 2. The number of nitrogens with one attached hydrogen (secondary N) is 2. The van der Waals surface area contributed by atoms with Crippen LogP contribution < -0.4 is 10.6 Å². The van der Waals surface area contributed by atoms with Crippen LogP contribution >= 0.6 is 15.9 Å². The van der Waals surface area contributed by atoms with E-state index in [0.29, 0.717) is 15.8 Å². The normalized spacial score (nSPS) is 9.72. The predicted octanol–water partition coefficient (Wildman–Crippen LogP) is 4.95. The number of amides is 2. The lowest BCUT2D eigenvalue weighted by Gasteiger charge is -2.06. The number of hydrogen-bond acceptors (Lipinski definition) is 2. The summed E-state index contributed by atoms with van der Waals surface area (Å²) in [5.74, 6) is -1.12. The van der Waals surface area contributed by atoms with Gasteiger partial charge in [0.1, 0.15) is 11.6 Å². The fraction of sp³-hybridized carbons (Fsp3) is 0.222. The minimum atomic E-state index is -0.380. The zero-order chi connectivity index (χ0) is 19.1. The van der Waals surface area contributed by atoms with Gasteiger partial charge in [0.05, 0.1) is 4.47 Å². The summed E-state index contributed by atoms with van der Waals surface area (Å²) in [5, 5.41) is 5.08. The zero-order valence-electron chi connectivity index (χ0n) is 14.3. The molecule has 0 aromatic heterocycles. The molecule has 2 aromatic rings. The molecular formula is C18H19BrF2N2O2. The highest BCUT2D eigenvalue weighted by Crippen LogP contribution is 2.23. The molecule has 0 aliphatic carbocycles. The first-order valence-electron chi connectivity index (χ1n) is 7.37. The van der Waals surface area contributed by atoms with Gasteiger partial charge in [-0.2, -0.15) is 0 Å². The first kappa shape index (κ1) is 20.8. The number of carbonyl (C=O) groups excluding carboxylic acids is 2. The largest absolute Gasteiger partial charge is 0.326 e. The number of benzene rings is 2. The number of halogens is 3. The molecule has 2 aromatic carbocycles. The second-order valence-electron chi connectivity index (χ2n) is 5.40. The van der Waals surface area contributed by atoms with E-state index in [1.165, 1.54) is 32.0 Å². The monoisotopic (exact) mass is 412 g/mol. The minimum Gasteiger partial charge on any atom is -0.326 e. The predicted molar refractivity (Wildman–Crippen MR) is 98.6 cm³/mol. The van der Waals surface area contributed by atoms with E-state index < -0.39 is 0 Å². The van der Waals surface area contributed by atoms with Gasteiger partial charge in [-0.25, -0.2) is 8.78 Å². The fourth-order valence-corrected chi connectivity index (χ4v) is 2.35. The lowest BCUT2D eigenvalue weighted by Crippen LogP contribution is -2.07. The van der Waals surface area contributed by atoms with Crippen LogP contribution in [0.1, 0.15) is 25.0 Å². The van der Waals surface area contributed by atoms with Crippen LogP contribution in [0.4, 0.5) is 20.2 Å². The Labute approximate surface area is 153 Å². The van der Waals surface area contributed by atoms with Gasteiger partial charge in [0, 0.05) is 25.2 Å². The van der Waals surface area contributed by atoms with Crippen molar-refractivity contribution < 1.29 is 18.4 Å². The van der Waals surface area contributed by atoms with Gasteiger partial charge in [0.15, 0.2) is 0 Å². The third-order valence-corrected chi connectivity index (χ3v) is 3.70. The van der Waals surface area contributed by atoms with E-state index in [0.717, 1.165) is 11.1 Å². The summed E-state index contributed by atoms with van der Waals surface area (Å²) in [6.07, 6.45) is 0. The Morgan fingerprint density at radius 2 is 1.40 bits per heavy atom. The molecule has 0 bridgehead atoms. The maximum Gasteiger partial charge on any atom is 0.221 e. The van der Waals surface area contributed by atoms with Crippen molar-refractivity contribution in [3.05, 3.63) is 57.6 Å². The highest BCUT2D eigenvalue weighted by Gasteiger charge is 2.05. The molecular weight excluding hydrogens is 394 g/mol. The van der Waals surface area contributed by atoms with Crippen LogP contribution in [0.2, 0.25) is 0 Å². The summed E-state index contributed by atoms with van der Waals surface area (Å²) in [6.45, 7) is 6.39. The van der Waals surface area contributed by atoms with Gasteiger partial charge in [-0.15, -0.1) is 0 Å². The third-order valence-electron chi connectivity index (χ3n) is 3.09. The van der Waals surface area contributed by atoms with Gasteiger partial charge in [-0.1, -0.05) is 6.07 Å². The molecule has 0 aliphatic rings. The van der Waals surface area contributed by atoms with Crippen molar-refractivity contribution in [3.63, 3.8) is 0 Å². The van der Waals surface area contributed by atoms with E-state index in [9.17, 15) is 18.4 Å². The first-order chi connectivity index (χ1) is 11.6. The molecule has 0 unspecified atom stereocenters. The number of anilines is 2. The van der Waals surface area contributed by atoms with Gasteiger partial charge < -0.3 is 10.6 Å². The second-order valence-corrected chi connectivity index (χ2v) is 6.26. The highest BCUT2D eigenvalue weighted by molar-refractivity contribution is 9.10. The van der Waals surface area contributed by atoms with Crippen LogP contribution in [0.25, 0.3) is 0 Å². The van der Waals surface area contributed by atoms with Crippen LogP contribution in [0.5, 0.6) is 0 Å². The molecule has 0 atom stereocenters. The average molecular weight is 413 g/mol. The Balaban J connectivity index is 0.000000251. The van der Waals surface area contributed by atoms with Crippen molar-refractivity contribution in [2.24, 2.45) is 0 Å². The van der Waals surface area contributed by atoms with Crippen LogP contribution in [0, 0.1) is 25.5 Å². The van der Waals surface area contributed by atoms with Gasteiger partial charge in [-0.05, 0) is 65.2 Å². The lowest BCUT2D eigenvalue weighted by molar-refractivity contribution is -0.115. The minimum absolute atomic E-state index is 0.191. The molecule has 2 rings (SSSR count). The van der Waals surface area contributed by atoms with Crippen molar-refractivity contribution in [1.82, 2.24) is 0 Å². The van der Waals surface area contributed by atoms with Crippen molar-refractivity contribution >= 4 is 39.1 Å². The maximum atomic E-state index is 13.0. The molecule has 0 spiro atoms. The van der Waals surface area contributed by atoms with Crippen LogP contribution in [0.3, 0.4) is 0 Å². The molecule has 0 fully saturated rings. The number of rotatable bonds is 2. The Morgan fingerprint density at radius 1 is 0.880 bits per heavy atom. The summed E-state index contributed by atoms with van der Waals surface area (Å²) in [6, 6.07) is 7.21. The summed E-state index contributed by atoms with van der Waals surface area (Å²) >= 11 is 3.06. The van der Waals surface area contributed by atoms with Crippen molar-refractivity contribution in [1.29, 1.82) is 0 Å². The van der Waals surface area contributed by atoms with Gasteiger partial charge >= 0.3 is 0 Å². The second kappa shape index (κ2) is 9.27. The van der Waals surface area contributed by atoms with Gasteiger partial charge in [0.2, 0.25) is 11.8 Å². The molecule has 0 saturated heterocycles. The Kier molecular flexibility index (Phi) is 7.70. The lowest BCUT2D eigenvalue weighted by atomic mass is 10.2. The van der Waals surface area contributed by atoms with E-state index in [1.807, 2.05) is 6.92 Å². The van der Waals surface area contributed by atoms with Gasteiger partial charge in [-0.3, -0.25) is 9.59 Å². The quantitative estimate of drug-likeness (QED) is 0.732. The van der Waals surface area contributed by atoms with Crippen LogP contribution in [0.15, 0.2) is 34.8 Å².